The lowest BCUT2D eigenvalue weighted by atomic mass is 10.1. The molecule has 0 bridgehead atoms. The van der Waals surface area contributed by atoms with E-state index in [1.165, 1.54) is 0 Å². The maximum atomic E-state index is 11.6. The number of piperidine rings is 1. The molecule has 1 atom stereocenters. The summed E-state index contributed by atoms with van der Waals surface area (Å²) in [6.07, 6.45) is 2.04. The van der Waals surface area contributed by atoms with E-state index >= 15 is 0 Å². The second-order valence-electron chi connectivity index (χ2n) is 4.46. The largest absolute Gasteiger partial charge is 0.380 e. The van der Waals surface area contributed by atoms with Gasteiger partial charge in [-0.25, -0.2) is 0 Å². The van der Waals surface area contributed by atoms with Crippen LogP contribution in [0.5, 0.6) is 0 Å². The molecule has 0 aromatic rings. The molecule has 0 radical (unpaired) electrons. The Morgan fingerprint density at radius 2 is 2.19 bits per heavy atom. The molecule has 0 spiro atoms. The summed E-state index contributed by atoms with van der Waals surface area (Å²) in [7, 11) is 1.64. The minimum Gasteiger partial charge on any atom is -0.380 e. The summed E-state index contributed by atoms with van der Waals surface area (Å²) in [4.78, 5) is 13.7. The molecule has 3 N–H and O–H groups in total. The van der Waals surface area contributed by atoms with Crippen molar-refractivity contribution in [2.45, 2.75) is 31.9 Å². The predicted octanol–water partition coefficient (Wildman–Crippen LogP) is -0.439. The second-order valence-corrected chi connectivity index (χ2v) is 4.46. The summed E-state index contributed by atoms with van der Waals surface area (Å²) in [5, 5.41) is 2.86. The normalized spacial score (nSPS) is 20.7. The molecule has 16 heavy (non-hydrogen) atoms. The van der Waals surface area contributed by atoms with Gasteiger partial charge in [0.25, 0.3) is 0 Å². The summed E-state index contributed by atoms with van der Waals surface area (Å²) in [5.41, 5.74) is 5.80. The third-order valence-electron chi connectivity index (χ3n) is 2.99. The molecular weight excluding hydrogens is 206 g/mol. The lowest BCUT2D eigenvalue weighted by Crippen LogP contribution is -2.45. The lowest BCUT2D eigenvalue weighted by molar-refractivity contribution is -0.123. The van der Waals surface area contributed by atoms with Crippen molar-refractivity contribution in [2.75, 3.05) is 33.3 Å². The van der Waals surface area contributed by atoms with Crippen LogP contribution in [0.2, 0.25) is 0 Å². The van der Waals surface area contributed by atoms with Crippen LogP contribution in [0.4, 0.5) is 0 Å². The van der Waals surface area contributed by atoms with Gasteiger partial charge >= 0.3 is 0 Å². The summed E-state index contributed by atoms with van der Waals surface area (Å²) < 4.78 is 5.06. The standard InChI is InChI=1S/C11H23N3O2/c1-9(16-2)7-13-11(15)8-14-5-3-10(12)4-6-14/h9-10H,3-8,12H2,1-2H3,(H,13,15). The van der Waals surface area contributed by atoms with E-state index in [4.69, 9.17) is 10.5 Å². The molecule has 1 aliphatic rings. The average Bonchev–Trinajstić information content (AvgIpc) is 2.29. The van der Waals surface area contributed by atoms with Gasteiger partial charge in [-0.05, 0) is 19.8 Å². The van der Waals surface area contributed by atoms with Gasteiger partial charge in [-0.1, -0.05) is 0 Å². The van der Waals surface area contributed by atoms with Crippen LogP contribution in [0.15, 0.2) is 0 Å². The number of hydrogen-bond acceptors (Lipinski definition) is 4. The van der Waals surface area contributed by atoms with Gasteiger partial charge < -0.3 is 15.8 Å². The summed E-state index contributed by atoms with van der Waals surface area (Å²) in [5.74, 6) is 0.0689. The van der Waals surface area contributed by atoms with Gasteiger partial charge in [-0.15, -0.1) is 0 Å². The minimum atomic E-state index is 0.0683. The molecule has 1 fully saturated rings. The molecule has 0 aliphatic carbocycles. The number of amides is 1. The van der Waals surface area contributed by atoms with E-state index in [-0.39, 0.29) is 12.0 Å². The molecule has 0 saturated carbocycles. The van der Waals surface area contributed by atoms with E-state index in [1.54, 1.807) is 7.11 Å². The van der Waals surface area contributed by atoms with Gasteiger partial charge in [-0.3, -0.25) is 9.69 Å². The van der Waals surface area contributed by atoms with Crippen LogP contribution < -0.4 is 11.1 Å². The molecule has 5 nitrogen and oxygen atoms in total. The van der Waals surface area contributed by atoms with E-state index < -0.39 is 0 Å². The fraction of sp³-hybridized carbons (Fsp3) is 0.909. The van der Waals surface area contributed by atoms with Gasteiger partial charge in [0.05, 0.1) is 12.6 Å². The van der Waals surface area contributed by atoms with E-state index in [0.717, 1.165) is 25.9 Å². The Morgan fingerprint density at radius 3 is 2.75 bits per heavy atom. The van der Waals surface area contributed by atoms with Crippen molar-refractivity contribution in [3.63, 3.8) is 0 Å². The molecule has 1 heterocycles. The summed E-state index contributed by atoms with van der Waals surface area (Å²) >= 11 is 0. The van der Waals surface area contributed by atoms with Crippen LogP contribution in [0.25, 0.3) is 0 Å². The van der Waals surface area contributed by atoms with E-state index in [0.29, 0.717) is 19.1 Å². The SMILES string of the molecule is COC(C)CNC(=O)CN1CCC(N)CC1. The topological polar surface area (TPSA) is 67.6 Å². The zero-order valence-electron chi connectivity index (χ0n) is 10.2. The van der Waals surface area contributed by atoms with Crippen LogP contribution in [-0.4, -0.2) is 56.2 Å². The third kappa shape index (κ3) is 4.92. The van der Waals surface area contributed by atoms with Crippen molar-refractivity contribution in [1.29, 1.82) is 0 Å². The second kappa shape index (κ2) is 6.83. The van der Waals surface area contributed by atoms with E-state index in [2.05, 4.69) is 10.2 Å². The summed E-state index contributed by atoms with van der Waals surface area (Å²) in [6, 6.07) is 0.313. The van der Waals surface area contributed by atoms with Crippen molar-refractivity contribution < 1.29 is 9.53 Å². The highest BCUT2D eigenvalue weighted by Gasteiger charge is 2.18. The quantitative estimate of drug-likeness (QED) is 0.671. The Balaban J connectivity index is 2.14. The first-order valence-electron chi connectivity index (χ1n) is 5.89. The van der Waals surface area contributed by atoms with Crippen LogP contribution in [-0.2, 0) is 9.53 Å². The number of nitrogens with one attached hydrogen (secondary N) is 1. The smallest absolute Gasteiger partial charge is 0.234 e. The fourth-order valence-electron chi connectivity index (χ4n) is 1.71. The summed E-state index contributed by atoms with van der Waals surface area (Å²) in [6.45, 7) is 4.83. The van der Waals surface area contributed by atoms with Gasteiger partial charge in [0.2, 0.25) is 5.91 Å². The average molecular weight is 229 g/mol. The molecule has 1 rings (SSSR count). The lowest BCUT2D eigenvalue weighted by Gasteiger charge is -2.29. The highest BCUT2D eigenvalue weighted by molar-refractivity contribution is 5.78. The number of carbonyl (C=O) groups excluding carboxylic acids is 1. The number of hydrogen-bond donors (Lipinski definition) is 2. The van der Waals surface area contributed by atoms with Crippen molar-refractivity contribution in [3.05, 3.63) is 0 Å². The number of methoxy groups -OCH3 is 1. The van der Waals surface area contributed by atoms with Crippen molar-refractivity contribution in [3.8, 4) is 0 Å². The Hall–Kier alpha value is -0.650. The first-order chi connectivity index (χ1) is 7.61. The molecule has 1 amide bonds. The predicted molar refractivity (Wildman–Crippen MR) is 63.1 cm³/mol. The van der Waals surface area contributed by atoms with Crippen molar-refractivity contribution in [1.82, 2.24) is 10.2 Å². The van der Waals surface area contributed by atoms with Gasteiger partial charge in [0.1, 0.15) is 0 Å². The molecular formula is C11H23N3O2. The van der Waals surface area contributed by atoms with E-state index in [1.807, 2.05) is 6.92 Å². The minimum absolute atomic E-state index is 0.0683. The molecule has 0 aromatic carbocycles. The highest BCUT2D eigenvalue weighted by Crippen LogP contribution is 2.07. The number of rotatable bonds is 5. The molecule has 1 saturated heterocycles. The number of nitrogens with zero attached hydrogens (tertiary/aromatic N) is 1. The van der Waals surface area contributed by atoms with Crippen LogP contribution >= 0.6 is 0 Å². The first kappa shape index (κ1) is 13.4. The number of nitrogens with two attached hydrogens (primary N) is 1. The molecule has 5 heteroatoms. The molecule has 94 valence electrons. The highest BCUT2D eigenvalue weighted by atomic mass is 16.5. The number of likely N-dealkylation sites (tertiary alicyclic amines) is 1. The van der Waals surface area contributed by atoms with Crippen LogP contribution in [0.3, 0.4) is 0 Å². The van der Waals surface area contributed by atoms with Crippen molar-refractivity contribution in [2.24, 2.45) is 5.73 Å². The van der Waals surface area contributed by atoms with Crippen LogP contribution in [0, 0.1) is 0 Å². The van der Waals surface area contributed by atoms with E-state index in [9.17, 15) is 4.79 Å². The third-order valence-corrected chi connectivity index (χ3v) is 2.99. The monoisotopic (exact) mass is 229 g/mol. The maximum absolute atomic E-state index is 11.6. The molecule has 1 aliphatic heterocycles. The van der Waals surface area contributed by atoms with Gasteiger partial charge in [0, 0.05) is 32.8 Å². The molecule has 1 unspecified atom stereocenters. The van der Waals surface area contributed by atoms with Gasteiger partial charge in [0.15, 0.2) is 0 Å². The van der Waals surface area contributed by atoms with Crippen molar-refractivity contribution >= 4 is 5.91 Å². The zero-order chi connectivity index (χ0) is 12.0. The Kier molecular flexibility index (Phi) is 5.73. The van der Waals surface area contributed by atoms with Gasteiger partial charge in [-0.2, -0.15) is 0 Å². The number of ether oxygens (including phenoxy) is 1. The fourth-order valence-corrected chi connectivity index (χ4v) is 1.71. The van der Waals surface area contributed by atoms with Crippen LogP contribution in [0.1, 0.15) is 19.8 Å². The number of carbonyl (C=O) groups is 1. The first-order valence-corrected chi connectivity index (χ1v) is 5.89. The Bertz CT molecular complexity index is 215. The maximum Gasteiger partial charge on any atom is 0.234 e. The zero-order valence-corrected chi connectivity index (χ0v) is 10.2. The molecule has 0 aromatic heterocycles. The Labute approximate surface area is 97.3 Å². The Morgan fingerprint density at radius 1 is 1.56 bits per heavy atom.